The van der Waals surface area contributed by atoms with Gasteiger partial charge in [0.15, 0.2) is 0 Å². The molecule has 0 aliphatic carbocycles. The molecule has 0 saturated carbocycles. The molecule has 0 radical (unpaired) electrons. The van der Waals surface area contributed by atoms with Gasteiger partial charge in [0.25, 0.3) is 0 Å². The van der Waals surface area contributed by atoms with E-state index in [0.717, 1.165) is 5.56 Å². The normalized spacial score (nSPS) is 12.4. The van der Waals surface area contributed by atoms with E-state index in [9.17, 15) is 0 Å². The van der Waals surface area contributed by atoms with Gasteiger partial charge in [-0.2, -0.15) is 0 Å². The van der Waals surface area contributed by atoms with Crippen molar-refractivity contribution in [3.05, 3.63) is 34.9 Å². The zero-order valence-electron chi connectivity index (χ0n) is 7.50. The van der Waals surface area contributed by atoms with Crippen molar-refractivity contribution in [1.29, 1.82) is 0 Å². The predicted molar refractivity (Wildman–Crippen MR) is 61.0 cm³/mol. The quantitative estimate of drug-likeness (QED) is 0.564. The number of nitrogens with zero attached hydrogens (tertiary/aromatic N) is 1. The van der Waals surface area contributed by atoms with Gasteiger partial charge in [0.2, 0.25) is 0 Å². The molecule has 0 bridgehead atoms. The Hall–Kier alpha value is 0.0500. The van der Waals surface area contributed by atoms with Gasteiger partial charge in [-0.05, 0) is 20.2 Å². The van der Waals surface area contributed by atoms with Gasteiger partial charge in [-0.15, -0.1) is 24.0 Å². The molecule has 0 saturated heterocycles. The molecule has 0 aliphatic heterocycles. The van der Waals surface area contributed by atoms with Crippen molar-refractivity contribution in [2.75, 3.05) is 14.1 Å². The Kier molecular flexibility index (Phi) is 5.73. The van der Waals surface area contributed by atoms with Gasteiger partial charge in [0.05, 0.1) is 0 Å². The Morgan fingerprint density at radius 2 is 1.77 bits per heavy atom. The molecule has 1 rings (SSSR count). The molecule has 74 valence electrons. The second kappa shape index (κ2) is 5.71. The van der Waals surface area contributed by atoms with Gasteiger partial charge >= 0.3 is 0 Å². The van der Waals surface area contributed by atoms with Crippen LogP contribution in [0.3, 0.4) is 0 Å². The van der Waals surface area contributed by atoms with Crippen LogP contribution in [0, 0.1) is 0 Å². The molecule has 1 unspecified atom stereocenters. The smallest absolute Gasteiger partial charge is 0.112 e. The summed E-state index contributed by atoms with van der Waals surface area (Å²) >= 11 is 12.0. The topological polar surface area (TPSA) is 3.24 Å². The van der Waals surface area contributed by atoms with Gasteiger partial charge in [-0.3, -0.25) is 4.90 Å². The van der Waals surface area contributed by atoms with Crippen LogP contribution in [0.15, 0.2) is 24.3 Å². The Bertz CT molecular complexity index is 263. The maximum atomic E-state index is 6.09. The minimum atomic E-state index is -0.154. The summed E-state index contributed by atoms with van der Waals surface area (Å²) in [4.78, 5) is 1.91. The van der Waals surface area contributed by atoms with Crippen LogP contribution < -0.4 is 0 Å². The Balaban J connectivity index is 0.00000144. The summed E-state index contributed by atoms with van der Waals surface area (Å²) in [5.41, 5.74) is 0.796. The first-order chi connectivity index (χ1) is 5.63. The minimum Gasteiger partial charge on any atom is -0.290 e. The Labute approximate surface area is 95.0 Å². The third-order valence-corrected chi connectivity index (χ3v) is 2.58. The minimum absolute atomic E-state index is 0. The van der Waals surface area contributed by atoms with E-state index in [4.69, 9.17) is 23.2 Å². The summed E-state index contributed by atoms with van der Waals surface area (Å²) in [7, 11) is 3.84. The lowest BCUT2D eigenvalue weighted by Gasteiger charge is -2.18. The summed E-state index contributed by atoms with van der Waals surface area (Å²) < 4.78 is 0. The van der Waals surface area contributed by atoms with Crippen LogP contribution in [0.25, 0.3) is 0 Å². The van der Waals surface area contributed by atoms with Crippen molar-refractivity contribution >= 4 is 35.6 Å². The highest BCUT2D eigenvalue weighted by Gasteiger charge is 2.12. The van der Waals surface area contributed by atoms with Crippen molar-refractivity contribution in [3.63, 3.8) is 0 Å². The first-order valence-electron chi connectivity index (χ1n) is 3.68. The number of rotatable bonds is 2. The highest BCUT2D eigenvalue weighted by Crippen LogP contribution is 2.28. The van der Waals surface area contributed by atoms with E-state index in [-0.39, 0.29) is 17.9 Å². The van der Waals surface area contributed by atoms with Gasteiger partial charge in [0, 0.05) is 10.6 Å². The SMILES string of the molecule is CN(C)C(Cl)c1ccccc1Cl.Cl. The molecule has 0 aromatic heterocycles. The van der Waals surface area contributed by atoms with E-state index in [1.807, 2.05) is 43.3 Å². The van der Waals surface area contributed by atoms with Crippen molar-refractivity contribution in [3.8, 4) is 0 Å². The molecule has 1 atom stereocenters. The molecule has 1 aromatic carbocycles. The van der Waals surface area contributed by atoms with Crippen molar-refractivity contribution in [2.45, 2.75) is 5.50 Å². The lowest BCUT2D eigenvalue weighted by atomic mass is 10.2. The highest BCUT2D eigenvalue weighted by atomic mass is 35.5. The predicted octanol–water partition coefficient (Wildman–Crippen LogP) is 3.56. The molecule has 0 spiro atoms. The summed E-state index contributed by atoms with van der Waals surface area (Å²) in [5, 5.41) is 0.714. The van der Waals surface area contributed by atoms with E-state index in [1.165, 1.54) is 0 Å². The fourth-order valence-electron chi connectivity index (χ4n) is 0.946. The standard InChI is InChI=1S/C9H11Cl2N.ClH/c1-12(2)9(11)7-5-3-4-6-8(7)10;/h3-6,9H,1-2H3;1H. The lowest BCUT2D eigenvalue weighted by Crippen LogP contribution is -2.14. The molecule has 0 heterocycles. The van der Waals surface area contributed by atoms with E-state index in [0.29, 0.717) is 5.02 Å². The van der Waals surface area contributed by atoms with Crippen LogP contribution in [0.5, 0.6) is 0 Å². The third kappa shape index (κ3) is 3.35. The maximum Gasteiger partial charge on any atom is 0.112 e. The molecule has 0 aliphatic rings. The van der Waals surface area contributed by atoms with Crippen LogP contribution in [0.2, 0.25) is 5.02 Å². The lowest BCUT2D eigenvalue weighted by molar-refractivity contribution is 0.385. The molecule has 4 heteroatoms. The van der Waals surface area contributed by atoms with E-state index < -0.39 is 0 Å². The number of alkyl halides is 1. The largest absolute Gasteiger partial charge is 0.290 e. The van der Waals surface area contributed by atoms with Crippen molar-refractivity contribution < 1.29 is 0 Å². The summed E-state index contributed by atoms with van der Waals surface area (Å²) in [5.74, 6) is 0. The van der Waals surface area contributed by atoms with E-state index >= 15 is 0 Å². The molecule has 13 heavy (non-hydrogen) atoms. The first kappa shape index (κ1) is 13.1. The van der Waals surface area contributed by atoms with Crippen LogP contribution in [-0.2, 0) is 0 Å². The monoisotopic (exact) mass is 239 g/mol. The highest BCUT2D eigenvalue weighted by molar-refractivity contribution is 6.32. The fraction of sp³-hybridized carbons (Fsp3) is 0.333. The molecular weight excluding hydrogens is 228 g/mol. The number of hydrogen-bond acceptors (Lipinski definition) is 1. The first-order valence-corrected chi connectivity index (χ1v) is 4.49. The fourth-order valence-corrected chi connectivity index (χ4v) is 1.43. The maximum absolute atomic E-state index is 6.09. The van der Waals surface area contributed by atoms with Crippen LogP contribution in [-0.4, -0.2) is 19.0 Å². The van der Waals surface area contributed by atoms with E-state index in [2.05, 4.69) is 0 Å². The molecule has 0 amide bonds. The zero-order valence-corrected chi connectivity index (χ0v) is 9.83. The second-order valence-corrected chi connectivity index (χ2v) is 3.64. The van der Waals surface area contributed by atoms with Crippen LogP contribution in [0.4, 0.5) is 0 Å². The average Bonchev–Trinajstić information content (AvgIpc) is 2.04. The molecular formula is C9H12Cl3N. The van der Waals surface area contributed by atoms with Crippen molar-refractivity contribution in [2.24, 2.45) is 0 Å². The van der Waals surface area contributed by atoms with Gasteiger partial charge < -0.3 is 0 Å². The molecule has 1 aromatic rings. The average molecular weight is 241 g/mol. The zero-order chi connectivity index (χ0) is 9.14. The summed E-state index contributed by atoms with van der Waals surface area (Å²) in [6, 6.07) is 7.60. The van der Waals surface area contributed by atoms with Gasteiger partial charge in [0.1, 0.15) is 5.50 Å². The Morgan fingerprint density at radius 1 is 1.23 bits per heavy atom. The Morgan fingerprint density at radius 3 is 2.23 bits per heavy atom. The number of halogens is 3. The van der Waals surface area contributed by atoms with E-state index in [1.54, 1.807) is 0 Å². The number of hydrogen-bond donors (Lipinski definition) is 0. The van der Waals surface area contributed by atoms with Gasteiger partial charge in [-0.1, -0.05) is 29.8 Å². The van der Waals surface area contributed by atoms with Crippen LogP contribution >= 0.6 is 35.6 Å². The van der Waals surface area contributed by atoms with Crippen molar-refractivity contribution in [1.82, 2.24) is 4.90 Å². The summed E-state index contributed by atoms with van der Waals surface area (Å²) in [6.07, 6.45) is 0. The number of benzene rings is 1. The van der Waals surface area contributed by atoms with Crippen LogP contribution in [0.1, 0.15) is 11.1 Å². The molecule has 1 nitrogen and oxygen atoms in total. The summed E-state index contributed by atoms with van der Waals surface area (Å²) in [6.45, 7) is 0. The van der Waals surface area contributed by atoms with Gasteiger partial charge in [-0.25, -0.2) is 0 Å². The second-order valence-electron chi connectivity index (χ2n) is 2.82. The molecule has 0 N–H and O–H groups in total. The molecule has 0 fully saturated rings. The third-order valence-electron chi connectivity index (χ3n) is 1.62.